The molecule has 0 radical (unpaired) electrons. The number of pyridine rings is 1. The molecule has 1 amide bonds. The normalized spacial score (nSPS) is 9.58. The monoisotopic (exact) mass is 168 g/mol. The Hall–Kier alpha value is -1.45. The van der Waals surface area contributed by atoms with Crippen LogP contribution in [0.5, 0.6) is 0 Å². The summed E-state index contributed by atoms with van der Waals surface area (Å²) in [6, 6.07) is 3.00. The summed E-state index contributed by atoms with van der Waals surface area (Å²) in [4.78, 5) is 14.4. The SMILES string of the molecule is CNC(=O)c1ccc(C)c(F)n1. The number of halogens is 1. The molecule has 4 heteroatoms. The van der Waals surface area contributed by atoms with Crippen molar-refractivity contribution in [2.24, 2.45) is 0 Å². The largest absolute Gasteiger partial charge is 0.354 e. The van der Waals surface area contributed by atoms with E-state index in [0.29, 0.717) is 5.56 Å². The van der Waals surface area contributed by atoms with Gasteiger partial charge in [0.05, 0.1) is 0 Å². The number of carbonyl (C=O) groups is 1. The lowest BCUT2D eigenvalue weighted by Crippen LogP contribution is -2.19. The van der Waals surface area contributed by atoms with Gasteiger partial charge in [0.2, 0.25) is 5.95 Å². The van der Waals surface area contributed by atoms with E-state index in [0.717, 1.165) is 0 Å². The van der Waals surface area contributed by atoms with Crippen LogP contribution >= 0.6 is 0 Å². The van der Waals surface area contributed by atoms with Gasteiger partial charge in [0.1, 0.15) is 5.69 Å². The summed E-state index contributed by atoms with van der Waals surface area (Å²) in [6.45, 7) is 1.59. The van der Waals surface area contributed by atoms with Crippen molar-refractivity contribution in [3.8, 4) is 0 Å². The second-order valence-electron chi connectivity index (χ2n) is 2.38. The Morgan fingerprint density at radius 1 is 1.58 bits per heavy atom. The Balaban J connectivity index is 3.05. The first kappa shape index (κ1) is 8.64. The van der Waals surface area contributed by atoms with Crippen LogP contribution in [0.2, 0.25) is 0 Å². The van der Waals surface area contributed by atoms with Crippen LogP contribution < -0.4 is 5.32 Å². The predicted molar refractivity (Wildman–Crippen MR) is 42.3 cm³/mol. The fourth-order valence-corrected chi connectivity index (χ4v) is 0.758. The predicted octanol–water partition coefficient (Wildman–Crippen LogP) is 0.889. The summed E-state index contributed by atoms with van der Waals surface area (Å²) in [6.07, 6.45) is 0. The summed E-state index contributed by atoms with van der Waals surface area (Å²) in [5, 5.41) is 2.36. The van der Waals surface area contributed by atoms with E-state index in [9.17, 15) is 9.18 Å². The van der Waals surface area contributed by atoms with Crippen LogP contribution in [0, 0.1) is 12.9 Å². The summed E-state index contributed by atoms with van der Waals surface area (Å²) in [7, 11) is 1.47. The number of aromatic nitrogens is 1. The molecule has 3 nitrogen and oxygen atoms in total. The lowest BCUT2D eigenvalue weighted by Gasteiger charge is -1.99. The van der Waals surface area contributed by atoms with Crippen LogP contribution in [0.4, 0.5) is 4.39 Å². The summed E-state index contributed by atoms with van der Waals surface area (Å²) in [5.41, 5.74) is 0.531. The number of hydrogen-bond acceptors (Lipinski definition) is 2. The van der Waals surface area contributed by atoms with Crippen molar-refractivity contribution >= 4 is 5.91 Å². The van der Waals surface area contributed by atoms with E-state index in [1.165, 1.54) is 19.2 Å². The number of hydrogen-bond donors (Lipinski definition) is 1. The molecule has 1 aromatic rings. The molecule has 0 aliphatic carbocycles. The highest BCUT2D eigenvalue weighted by Gasteiger charge is 2.06. The van der Waals surface area contributed by atoms with Crippen LogP contribution in [-0.2, 0) is 0 Å². The van der Waals surface area contributed by atoms with E-state index in [-0.39, 0.29) is 11.6 Å². The third-order valence-corrected chi connectivity index (χ3v) is 1.49. The van der Waals surface area contributed by atoms with E-state index >= 15 is 0 Å². The highest BCUT2D eigenvalue weighted by Crippen LogP contribution is 2.03. The first-order valence-electron chi connectivity index (χ1n) is 3.50. The van der Waals surface area contributed by atoms with Crippen molar-refractivity contribution in [2.75, 3.05) is 7.05 Å². The minimum atomic E-state index is -0.601. The Labute approximate surface area is 69.6 Å². The fraction of sp³-hybridized carbons (Fsp3) is 0.250. The molecule has 0 spiro atoms. The first-order chi connectivity index (χ1) is 5.65. The summed E-state index contributed by atoms with van der Waals surface area (Å²) < 4.78 is 12.8. The standard InChI is InChI=1S/C8H9FN2O/c1-5-3-4-6(8(12)10-2)11-7(5)9/h3-4H,1-2H3,(H,10,12). The van der Waals surface area contributed by atoms with Crippen molar-refractivity contribution in [3.05, 3.63) is 29.3 Å². The number of carbonyl (C=O) groups excluding carboxylic acids is 1. The maximum absolute atomic E-state index is 12.8. The van der Waals surface area contributed by atoms with Gasteiger partial charge in [-0.05, 0) is 13.0 Å². The van der Waals surface area contributed by atoms with Crippen molar-refractivity contribution in [1.82, 2.24) is 10.3 Å². The minimum absolute atomic E-state index is 0.0978. The fourth-order valence-electron chi connectivity index (χ4n) is 0.758. The van der Waals surface area contributed by atoms with E-state index in [2.05, 4.69) is 10.3 Å². The number of nitrogens with one attached hydrogen (secondary N) is 1. The van der Waals surface area contributed by atoms with E-state index in [1.54, 1.807) is 6.92 Å². The third kappa shape index (κ3) is 1.58. The van der Waals surface area contributed by atoms with Gasteiger partial charge in [-0.25, -0.2) is 4.98 Å². The molecule has 0 aliphatic rings. The molecule has 0 aromatic carbocycles. The molecule has 0 bridgehead atoms. The van der Waals surface area contributed by atoms with Gasteiger partial charge < -0.3 is 5.32 Å². The average molecular weight is 168 g/mol. The minimum Gasteiger partial charge on any atom is -0.354 e. The Morgan fingerprint density at radius 2 is 2.25 bits per heavy atom. The van der Waals surface area contributed by atoms with Crippen molar-refractivity contribution in [3.63, 3.8) is 0 Å². The Kier molecular flexibility index (Phi) is 2.38. The number of aryl methyl sites for hydroxylation is 1. The molecule has 1 heterocycles. The van der Waals surface area contributed by atoms with Crippen molar-refractivity contribution in [1.29, 1.82) is 0 Å². The van der Waals surface area contributed by atoms with Gasteiger partial charge in [0.15, 0.2) is 0 Å². The molecule has 0 aliphatic heterocycles. The van der Waals surface area contributed by atoms with Crippen LogP contribution in [0.1, 0.15) is 16.1 Å². The highest BCUT2D eigenvalue weighted by molar-refractivity contribution is 5.91. The second-order valence-corrected chi connectivity index (χ2v) is 2.38. The number of nitrogens with zero attached hydrogens (tertiary/aromatic N) is 1. The number of rotatable bonds is 1. The maximum atomic E-state index is 12.8. The lowest BCUT2D eigenvalue weighted by atomic mass is 10.2. The van der Waals surface area contributed by atoms with Gasteiger partial charge in [-0.2, -0.15) is 4.39 Å². The van der Waals surface area contributed by atoms with Crippen LogP contribution in [0.3, 0.4) is 0 Å². The molecule has 1 N–H and O–H groups in total. The topological polar surface area (TPSA) is 42.0 Å². The van der Waals surface area contributed by atoms with E-state index in [4.69, 9.17) is 0 Å². The quantitative estimate of drug-likeness (QED) is 0.633. The Morgan fingerprint density at radius 3 is 2.75 bits per heavy atom. The molecule has 12 heavy (non-hydrogen) atoms. The van der Waals surface area contributed by atoms with Gasteiger partial charge in [-0.3, -0.25) is 4.79 Å². The molecule has 0 unspecified atom stereocenters. The molecule has 64 valence electrons. The number of amides is 1. The van der Waals surface area contributed by atoms with Gasteiger partial charge in [0.25, 0.3) is 5.91 Å². The molecule has 0 fully saturated rings. The van der Waals surface area contributed by atoms with E-state index < -0.39 is 5.95 Å². The smallest absolute Gasteiger partial charge is 0.269 e. The molecule has 0 saturated heterocycles. The molecule has 0 saturated carbocycles. The van der Waals surface area contributed by atoms with Crippen LogP contribution in [-0.4, -0.2) is 17.9 Å². The lowest BCUT2D eigenvalue weighted by molar-refractivity contribution is 0.0957. The average Bonchev–Trinajstić information content (AvgIpc) is 2.08. The van der Waals surface area contributed by atoms with Gasteiger partial charge in [0, 0.05) is 12.6 Å². The van der Waals surface area contributed by atoms with Gasteiger partial charge in [-0.15, -0.1) is 0 Å². The maximum Gasteiger partial charge on any atom is 0.269 e. The van der Waals surface area contributed by atoms with Crippen molar-refractivity contribution in [2.45, 2.75) is 6.92 Å². The van der Waals surface area contributed by atoms with Gasteiger partial charge in [-0.1, -0.05) is 6.07 Å². The zero-order valence-electron chi connectivity index (χ0n) is 6.89. The van der Waals surface area contributed by atoms with Crippen LogP contribution in [0.15, 0.2) is 12.1 Å². The third-order valence-electron chi connectivity index (χ3n) is 1.49. The zero-order valence-corrected chi connectivity index (χ0v) is 6.89. The summed E-state index contributed by atoms with van der Waals surface area (Å²) in [5.74, 6) is -0.981. The summed E-state index contributed by atoms with van der Waals surface area (Å²) >= 11 is 0. The van der Waals surface area contributed by atoms with Crippen LogP contribution in [0.25, 0.3) is 0 Å². The Bertz CT molecular complexity index is 312. The van der Waals surface area contributed by atoms with Crippen molar-refractivity contribution < 1.29 is 9.18 Å². The molecular weight excluding hydrogens is 159 g/mol. The molecule has 1 rings (SSSR count). The molecular formula is C8H9FN2O. The van der Waals surface area contributed by atoms with Gasteiger partial charge >= 0.3 is 0 Å². The first-order valence-corrected chi connectivity index (χ1v) is 3.50. The molecule has 1 aromatic heterocycles. The second kappa shape index (κ2) is 3.30. The zero-order chi connectivity index (χ0) is 9.14. The highest BCUT2D eigenvalue weighted by atomic mass is 19.1. The molecule has 0 atom stereocenters. The van der Waals surface area contributed by atoms with E-state index in [1.807, 2.05) is 0 Å².